The molecule has 0 saturated carbocycles. The Hall–Kier alpha value is -1.73. The Kier molecular flexibility index (Phi) is 5.63. The van der Waals surface area contributed by atoms with Gasteiger partial charge in [0.2, 0.25) is 0 Å². The fraction of sp³-hybridized carbons (Fsp3) is 0.706. The monoisotopic (exact) mass is 332 g/mol. The third kappa shape index (κ3) is 3.84. The van der Waals surface area contributed by atoms with Gasteiger partial charge in [0.15, 0.2) is 5.82 Å². The number of rotatable bonds is 7. The van der Waals surface area contributed by atoms with E-state index in [0.717, 1.165) is 50.1 Å². The van der Waals surface area contributed by atoms with Crippen LogP contribution in [0.5, 0.6) is 0 Å². The van der Waals surface area contributed by atoms with Crippen molar-refractivity contribution in [3.05, 3.63) is 29.9 Å². The van der Waals surface area contributed by atoms with E-state index in [1.54, 1.807) is 7.11 Å². The predicted octanol–water partition coefficient (Wildman–Crippen LogP) is 1.58. The molecule has 7 heteroatoms. The molecule has 132 valence electrons. The molecule has 2 aromatic rings. The highest BCUT2D eigenvalue weighted by atomic mass is 16.5. The second-order valence-electron chi connectivity index (χ2n) is 6.62. The van der Waals surface area contributed by atoms with Crippen molar-refractivity contribution in [2.24, 2.45) is 7.05 Å². The maximum absolute atomic E-state index is 5.17. The van der Waals surface area contributed by atoms with E-state index in [0.29, 0.717) is 5.92 Å². The first-order valence-corrected chi connectivity index (χ1v) is 8.76. The molecule has 0 radical (unpaired) electrons. The summed E-state index contributed by atoms with van der Waals surface area (Å²) in [7, 11) is 3.85. The van der Waals surface area contributed by atoms with Crippen molar-refractivity contribution in [3.8, 4) is 0 Å². The van der Waals surface area contributed by atoms with Crippen molar-refractivity contribution < 1.29 is 4.74 Å². The first-order valence-electron chi connectivity index (χ1n) is 8.76. The number of methoxy groups -OCH3 is 1. The van der Waals surface area contributed by atoms with Gasteiger partial charge in [-0.1, -0.05) is 0 Å². The fourth-order valence-electron chi connectivity index (χ4n) is 3.49. The minimum atomic E-state index is 0.469. The molecular formula is C17H28N6O. The van der Waals surface area contributed by atoms with Crippen molar-refractivity contribution in [2.45, 2.75) is 38.6 Å². The zero-order valence-electron chi connectivity index (χ0n) is 15.0. The van der Waals surface area contributed by atoms with Crippen molar-refractivity contribution in [1.29, 1.82) is 0 Å². The highest BCUT2D eigenvalue weighted by Crippen LogP contribution is 2.26. The highest BCUT2D eigenvalue weighted by molar-refractivity contribution is 5.05. The molecule has 0 N–H and O–H groups in total. The van der Waals surface area contributed by atoms with Crippen LogP contribution in [0.3, 0.4) is 0 Å². The topological polar surface area (TPSA) is 61.0 Å². The van der Waals surface area contributed by atoms with Gasteiger partial charge >= 0.3 is 0 Å². The number of imidazole rings is 1. The summed E-state index contributed by atoms with van der Waals surface area (Å²) in [6, 6.07) is 0. The minimum Gasteiger partial charge on any atom is -0.385 e. The number of aryl methyl sites for hydroxylation is 1. The van der Waals surface area contributed by atoms with E-state index in [9.17, 15) is 0 Å². The van der Waals surface area contributed by atoms with Crippen LogP contribution in [0.15, 0.2) is 12.4 Å². The highest BCUT2D eigenvalue weighted by Gasteiger charge is 2.25. The Morgan fingerprint density at radius 3 is 2.96 bits per heavy atom. The van der Waals surface area contributed by atoms with E-state index >= 15 is 0 Å². The van der Waals surface area contributed by atoms with E-state index in [-0.39, 0.29) is 0 Å². The quantitative estimate of drug-likeness (QED) is 0.721. The molecule has 1 saturated heterocycles. The summed E-state index contributed by atoms with van der Waals surface area (Å²) in [5.41, 5.74) is 0. The molecule has 0 unspecified atom stereocenters. The predicted molar refractivity (Wildman–Crippen MR) is 92.0 cm³/mol. The Morgan fingerprint density at radius 1 is 1.33 bits per heavy atom. The molecule has 3 heterocycles. The first-order chi connectivity index (χ1) is 11.7. The Labute approximate surface area is 143 Å². The van der Waals surface area contributed by atoms with Crippen molar-refractivity contribution >= 4 is 0 Å². The van der Waals surface area contributed by atoms with Crippen LogP contribution in [0, 0.1) is 6.92 Å². The van der Waals surface area contributed by atoms with Crippen molar-refractivity contribution in [1.82, 2.24) is 29.2 Å². The third-order valence-electron chi connectivity index (χ3n) is 4.93. The summed E-state index contributed by atoms with van der Waals surface area (Å²) in [6.45, 7) is 6.91. The van der Waals surface area contributed by atoms with Gasteiger partial charge in [0.25, 0.3) is 0 Å². The van der Waals surface area contributed by atoms with Crippen molar-refractivity contribution in [2.75, 3.05) is 33.4 Å². The molecule has 1 aliphatic rings. The number of aromatic nitrogens is 5. The smallest absolute Gasteiger partial charge is 0.152 e. The Balaban J connectivity index is 1.65. The molecule has 24 heavy (non-hydrogen) atoms. The molecule has 0 aromatic carbocycles. The molecular weight excluding hydrogens is 304 g/mol. The number of piperidine rings is 1. The average molecular weight is 332 g/mol. The van der Waals surface area contributed by atoms with Crippen LogP contribution in [0.1, 0.15) is 42.7 Å². The molecule has 7 nitrogen and oxygen atoms in total. The van der Waals surface area contributed by atoms with Gasteiger partial charge in [-0.15, -0.1) is 10.2 Å². The normalized spacial score (nSPS) is 19.0. The third-order valence-corrected chi connectivity index (χ3v) is 4.93. The van der Waals surface area contributed by atoms with Crippen LogP contribution in [-0.4, -0.2) is 62.6 Å². The lowest BCUT2D eigenvalue weighted by Crippen LogP contribution is -2.36. The standard InChI is InChI=1S/C17H28N6O/c1-14-18-7-10-23(14)13-16-19-20-17(21(16)2)15-6-4-8-22(12-15)9-5-11-24-3/h7,10,15H,4-6,8-9,11-13H2,1-3H3/t15-/m1/s1. The van der Waals surface area contributed by atoms with Gasteiger partial charge in [-0.2, -0.15) is 0 Å². The van der Waals surface area contributed by atoms with E-state index in [1.807, 2.05) is 19.3 Å². The summed E-state index contributed by atoms with van der Waals surface area (Å²) >= 11 is 0. The number of nitrogens with zero attached hydrogens (tertiary/aromatic N) is 6. The van der Waals surface area contributed by atoms with E-state index in [1.165, 1.54) is 19.4 Å². The molecule has 0 bridgehead atoms. The van der Waals surface area contributed by atoms with Gasteiger partial charge < -0.3 is 18.8 Å². The Bertz CT molecular complexity index is 649. The SMILES string of the molecule is COCCCN1CCC[C@@H](c2nnc(Cn3ccnc3C)n2C)C1. The van der Waals surface area contributed by atoms with Crippen LogP contribution in [0.2, 0.25) is 0 Å². The molecule has 3 rings (SSSR count). The number of likely N-dealkylation sites (tertiary alicyclic amines) is 1. The van der Waals surface area contributed by atoms with Gasteiger partial charge in [-0.3, -0.25) is 0 Å². The van der Waals surface area contributed by atoms with Gasteiger partial charge in [0, 0.05) is 52.2 Å². The zero-order valence-corrected chi connectivity index (χ0v) is 15.0. The van der Waals surface area contributed by atoms with Gasteiger partial charge in [-0.25, -0.2) is 4.98 Å². The minimum absolute atomic E-state index is 0.469. The average Bonchev–Trinajstić information content (AvgIpc) is 3.15. The molecule has 2 aromatic heterocycles. The van der Waals surface area contributed by atoms with E-state index in [4.69, 9.17) is 4.74 Å². The molecule has 1 aliphatic heterocycles. The van der Waals surface area contributed by atoms with E-state index < -0.39 is 0 Å². The summed E-state index contributed by atoms with van der Waals surface area (Å²) in [6.07, 6.45) is 7.32. The zero-order chi connectivity index (χ0) is 16.9. The van der Waals surface area contributed by atoms with Gasteiger partial charge in [0.1, 0.15) is 11.6 Å². The van der Waals surface area contributed by atoms with Crippen LogP contribution >= 0.6 is 0 Å². The van der Waals surface area contributed by atoms with E-state index in [2.05, 4.69) is 36.3 Å². The molecule has 1 atom stereocenters. The molecule has 0 amide bonds. The lowest BCUT2D eigenvalue weighted by molar-refractivity contribution is 0.153. The fourth-order valence-corrected chi connectivity index (χ4v) is 3.49. The maximum atomic E-state index is 5.17. The van der Waals surface area contributed by atoms with Crippen LogP contribution in [0.25, 0.3) is 0 Å². The Morgan fingerprint density at radius 2 is 2.21 bits per heavy atom. The largest absolute Gasteiger partial charge is 0.385 e. The van der Waals surface area contributed by atoms with Gasteiger partial charge in [0.05, 0.1) is 6.54 Å². The molecule has 1 fully saturated rings. The number of ether oxygens (including phenoxy) is 1. The second-order valence-corrected chi connectivity index (χ2v) is 6.62. The molecule has 0 spiro atoms. The maximum Gasteiger partial charge on any atom is 0.152 e. The molecule has 0 aliphatic carbocycles. The summed E-state index contributed by atoms with van der Waals surface area (Å²) < 4.78 is 9.44. The summed E-state index contributed by atoms with van der Waals surface area (Å²) in [5.74, 6) is 3.57. The first kappa shape index (κ1) is 17.1. The number of hydrogen-bond acceptors (Lipinski definition) is 5. The van der Waals surface area contributed by atoms with Crippen molar-refractivity contribution in [3.63, 3.8) is 0 Å². The van der Waals surface area contributed by atoms with Crippen LogP contribution in [-0.2, 0) is 18.3 Å². The lowest BCUT2D eigenvalue weighted by Gasteiger charge is -2.32. The van der Waals surface area contributed by atoms with Crippen LogP contribution < -0.4 is 0 Å². The van der Waals surface area contributed by atoms with Crippen LogP contribution in [0.4, 0.5) is 0 Å². The summed E-state index contributed by atoms with van der Waals surface area (Å²) in [5, 5.41) is 8.94. The number of hydrogen-bond donors (Lipinski definition) is 0. The summed E-state index contributed by atoms with van der Waals surface area (Å²) in [4.78, 5) is 6.80. The second kappa shape index (κ2) is 7.90. The van der Waals surface area contributed by atoms with Gasteiger partial charge in [-0.05, 0) is 32.7 Å². The lowest BCUT2D eigenvalue weighted by atomic mass is 9.97.